The van der Waals surface area contributed by atoms with Crippen LogP contribution in [0.5, 0.6) is 0 Å². The number of rotatable bonds is 9. The van der Waals surface area contributed by atoms with Crippen molar-refractivity contribution in [1.82, 2.24) is 20.3 Å². The molecule has 0 aliphatic carbocycles. The van der Waals surface area contributed by atoms with Gasteiger partial charge in [-0.25, -0.2) is 4.79 Å². The van der Waals surface area contributed by atoms with Crippen molar-refractivity contribution in [3.8, 4) is 0 Å². The van der Waals surface area contributed by atoms with E-state index in [0.29, 0.717) is 29.4 Å². The zero-order chi connectivity index (χ0) is 23.3. The molecule has 0 saturated carbocycles. The number of anilines is 1. The van der Waals surface area contributed by atoms with Gasteiger partial charge in [-0.05, 0) is 42.5 Å². The van der Waals surface area contributed by atoms with E-state index in [4.69, 9.17) is 10.8 Å². The second-order valence-corrected chi connectivity index (χ2v) is 7.17. The number of carboxylic acids is 1. The molecular weight excluding hydrogens is 418 g/mol. The number of nitrogens with one attached hydrogen (secondary N) is 3. The van der Waals surface area contributed by atoms with Gasteiger partial charge in [-0.15, -0.1) is 0 Å². The van der Waals surface area contributed by atoms with E-state index in [2.05, 4.69) is 25.0 Å². The maximum absolute atomic E-state index is 12.5. The summed E-state index contributed by atoms with van der Waals surface area (Å²) in [5, 5.41) is 11.8. The molecule has 6 N–H and O–H groups in total. The third-order valence-electron chi connectivity index (χ3n) is 4.98. The van der Waals surface area contributed by atoms with Gasteiger partial charge >= 0.3 is 11.9 Å². The standard InChI is InChI=1S/C21H23N5O6/c1-32-20(31)14(8-9-15(27)28)24-18(29)12-5-2-11(3-6-12)4-7-13-10-23-17-16(13)19(30)26-21(22)25-17/h2-3,5-6,10,14H,4,7-9H2,1H3,(H,24,29)(H,27,28)(H4,22,23,25,26,30)/t14-/m1/s1. The minimum absolute atomic E-state index is 0.0437. The number of ether oxygens (including phenoxy) is 1. The molecule has 11 nitrogen and oxygen atoms in total. The van der Waals surface area contributed by atoms with Crippen LogP contribution in [0.15, 0.2) is 35.3 Å². The number of hydrogen-bond donors (Lipinski definition) is 5. The highest BCUT2D eigenvalue weighted by Gasteiger charge is 2.23. The Bertz CT molecular complexity index is 1200. The van der Waals surface area contributed by atoms with E-state index in [1.807, 2.05) is 0 Å². The maximum atomic E-state index is 12.5. The molecule has 0 aliphatic heterocycles. The fourth-order valence-corrected chi connectivity index (χ4v) is 3.32. The number of carbonyl (C=O) groups is 3. The van der Waals surface area contributed by atoms with Crippen LogP contribution in [0.4, 0.5) is 5.95 Å². The summed E-state index contributed by atoms with van der Waals surface area (Å²) in [5.74, 6) is -2.25. The normalized spacial score (nSPS) is 11.8. The Kier molecular flexibility index (Phi) is 6.88. The number of fused-ring (bicyclic) bond motifs is 1. The predicted molar refractivity (Wildman–Crippen MR) is 115 cm³/mol. The molecule has 0 spiro atoms. The summed E-state index contributed by atoms with van der Waals surface area (Å²) in [4.78, 5) is 56.7. The summed E-state index contributed by atoms with van der Waals surface area (Å²) in [7, 11) is 1.17. The molecule has 2 heterocycles. The highest BCUT2D eigenvalue weighted by Crippen LogP contribution is 2.16. The van der Waals surface area contributed by atoms with E-state index >= 15 is 0 Å². The topological polar surface area (TPSA) is 180 Å². The lowest BCUT2D eigenvalue weighted by molar-refractivity contribution is -0.143. The number of aromatic nitrogens is 3. The fourth-order valence-electron chi connectivity index (χ4n) is 3.32. The molecule has 0 fully saturated rings. The smallest absolute Gasteiger partial charge is 0.328 e. The highest BCUT2D eigenvalue weighted by molar-refractivity contribution is 5.96. The van der Waals surface area contributed by atoms with Gasteiger partial charge < -0.3 is 25.9 Å². The van der Waals surface area contributed by atoms with Crippen LogP contribution in [0.2, 0.25) is 0 Å². The van der Waals surface area contributed by atoms with Crippen molar-refractivity contribution in [1.29, 1.82) is 0 Å². The number of nitrogens with zero attached hydrogens (tertiary/aromatic N) is 1. The van der Waals surface area contributed by atoms with Crippen molar-refractivity contribution in [2.75, 3.05) is 12.8 Å². The molecule has 1 aromatic carbocycles. The average Bonchev–Trinajstić information content (AvgIpc) is 3.17. The molecule has 32 heavy (non-hydrogen) atoms. The van der Waals surface area contributed by atoms with E-state index in [0.717, 1.165) is 11.1 Å². The molecule has 0 bridgehead atoms. The van der Waals surface area contributed by atoms with Crippen molar-refractivity contribution < 1.29 is 24.2 Å². The number of hydrogen-bond acceptors (Lipinski definition) is 7. The average molecular weight is 441 g/mol. The third kappa shape index (κ3) is 5.31. The van der Waals surface area contributed by atoms with Gasteiger partial charge in [-0.3, -0.25) is 19.4 Å². The van der Waals surface area contributed by atoms with E-state index in [-0.39, 0.29) is 24.3 Å². The quantitative estimate of drug-likeness (QED) is 0.302. The molecule has 1 atom stereocenters. The van der Waals surface area contributed by atoms with Crippen molar-refractivity contribution in [2.24, 2.45) is 0 Å². The lowest BCUT2D eigenvalue weighted by Crippen LogP contribution is -2.41. The zero-order valence-corrected chi connectivity index (χ0v) is 17.3. The number of aryl methyl sites for hydroxylation is 2. The van der Waals surface area contributed by atoms with Gasteiger partial charge in [0.1, 0.15) is 11.7 Å². The number of H-pyrrole nitrogens is 2. The van der Waals surface area contributed by atoms with E-state index in [9.17, 15) is 19.2 Å². The second-order valence-electron chi connectivity index (χ2n) is 7.17. The summed E-state index contributed by atoms with van der Waals surface area (Å²) in [6, 6.07) is 5.72. The SMILES string of the molecule is COC(=O)[C@@H](CCC(=O)O)NC(=O)c1ccc(CCc2c[nH]c3nc(N)[nH]c(=O)c23)cc1. The highest BCUT2D eigenvalue weighted by atomic mass is 16.5. The molecule has 2 aromatic heterocycles. The van der Waals surface area contributed by atoms with Crippen molar-refractivity contribution in [3.63, 3.8) is 0 Å². The first-order valence-corrected chi connectivity index (χ1v) is 9.83. The third-order valence-corrected chi connectivity index (χ3v) is 4.98. The molecule has 11 heteroatoms. The summed E-state index contributed by atoms with van der Waals surface area (Å²) >= 11 is 0. The fraction of sp³-hybridized carbons (Fsp3) is 0.286. The molecule has 1 amide bonds. The minimum Gasteiger partial charge on any atom is -0.481 e. The Hall–Kier alpha value is -4.15. The zero-order valence-electron chi connectivity index (χ0n) is 17.3. The van der Waals surface area contributed by atoms with Gasteiger partial charge in [0.25, 0.3) is 11.5 Å². The Morgan fingerprint density at radius 2 is 1.94 bits per heavy atom. The summed E-state index contributed by atoms with van der Waals surface area (Å²) in [6.45, 7) is 0. The van der Waals surface area contributed by atoms with Crippen molar-refractivity contribution in [2.45, 2.75) is 31.7 Å². The molecular formula is C21H23N5O6. The van der Waals surface area contributed by atoms with Crippen molar-refractivity contribution >= 4 is 34.8 Å². The predicted octanol–water partition coefficient (Wildman–Crippen LogP) is 0.755. The van der Waals surface area contributed by atoms with Gasteiger partial charge in [-0.2, -0.15) is 4.98 Å². The second kappa shape index (κ2) is 9.77. The van der Waals surface area contributed by atoms with Crippen LogP contribution in [-0.4, -0.2) is 51.1 Å². The van der Waals surface area contributed by atoms with Gasteiger partial charge in [0, 0.05) is 18.2 Å². The molecule has 168 valence electrons. The lowest BCUT2D eigenvalue weighted by atomic mass is 10.0. The van der Waals surface area contributed by atoms with Crippen LogP contribution in [-0.2, 0) is 27.2 Å². The van der Waals surface area contributed by atoms with Crippen LogP contribution in [0.3, 0.4) is 0 Å². The van der Waals surface area contributed by atoms with Gasteiger partial charge in [0.15, 0.2) is 0 Å². The van der Waals surface area contributed by atoms with Gasteiger partial charge in [0.05, 0.1) is 12.5 Å². The molecule has 0 unspecified atom stereocenters. The first-order valence-electron chi connectivity index (χ1n) is 9.83. The van der Waals surface area contributed by atoms with Gasteiger partial charge in [0.2, 0.25) is 5.95 Å². The van der Waals surface area contributed by atoms with Crippen LogP contribution in [0, 0.1) is 0 Å². The first kappa shape index (κ1) is 22.5. The van der Waals surface area contributed by atoms with E-state index in [1.165, 1.54) is 7.11 Å². The molecule has 0 aliphatic rings. The minimum atomic E-state index is -1.08. The van der Waals surface area contributed by atoms with Crippen molar-refractivity contribution in [3.05, 3.63) is 57.5 Å². The largest absolute Gasteiger partial charge is 0.481 e. The Balaban J connectivity index is 1.64. The number of amides is 1. The molecule has 0 radical (unpaired) electrons. The number of esters is 1. The number of nitrogen functional groups attached to an aromatic ring is 1. The van der Waals surface area contributed by atoms with Crippen LogP contribution < -0.4 is 16.6 Å². The number of aliphatic carboxylic acids is 1. The number of methoxy groups -OCH3 is 1. The summed E-state index contributed by atoms with van der Waals surface area (Å²) < 4.78 is 4.63. The summed E-state index contributed by atoms with van der Waals surface area (Å²) in [5.41, 5.74) is 7.73. The van der Waals surface area contributed by atoms with Gasteiger partial charge in [-0.1, -0.05) is 12.1 Å². The maximum Gasteiger partial charge on any atom is 0.328 e. The van der Waals surface area contributed by atoms with Crippen LogP contribution in [0.1, 0.15) is 34.3 Å². The Morgan fingerprint density at radius 3 is 2.59 bits per heavy atom. The Morgan fingerprint density at radius 1 is 1.22 bits per heavy atom. The van der Waals surface area contributed by atoms with E-state index < -0.39 is 23.9 Å². The summed E-state index contributed by atoms with van der Waals surface area (Å²) in [6.07, 6.45) is 2.55. The molecule has 0 saturated heterocycles. The molecule has 3 aromatic rings. The van der Waals surface area contributed by atoms with Crippen LogP contribution in [0.25, 0.3) is 11.0 Å². The monoisotopic (exact) mass is 441 g/mol. The number of carboxylic acid groups (broad SMARTS) is 1. The first-order chi connectivity index (χ1) is 15.3. The number of carbonyl (C=O) groups excluding carboxylic acids is 2. The Labute approximate surface area is 182 Å². The number of benzene rings is 1. The van der Waals surface area contributed by atoms with E-state index in [1.54, 1.807) is 30.5 Å². The number of aromatic amines is 2. The molecule has 3 rings (SSSR count). The number of nitrogens with two attached hydrogens (primary N) is 1. The van der Waals surface area contributed by atoms with Crippen LogP contribution >= 0.6 is 0 Å². The lowest BCUT2D eigenvalue weighted by Gasteiger charge is -2.15.